The second kappa shape index (κ2) is 6.17. The quantitative estimate of drug-likeness (QED) is 0.566. The van der Waals surface area contributed by atoms with E-state index >= 15 is 0 Å². The van der Waals surface area contributed by atoms with Crippen molar-refractivity contribution in [1.29, 1.82) is 0 Å². The third kappa shape index (κ3) is 4.65. The number of rotatable bonds is 5. The highest BCUT2D eigenvalue weighted by atomic mass is 16.6. The highest BCUT2D eigenvalue weighted by Crippen LogP contribution is 2.32. The van der Waals surface area contributed by atoms with Crippen LogP contribution in [0.3, 0.4) is 0 Å². The van der Waals surface area contributed by atoms with E-state index in [0.29, 0.717) is 6.42 Å². The minimum Gasteiger partial charge on any atom is -0.469 e. The molecule has 0 saturated heterocycles. The van der Waals surface area contributed by atoms with Crippen LogP contribution in [-0.2, 0) is 23.9 Å². The van der Waals surface area contributed by atoms with Crippen molar-refractivity contribution in [3.05, 3.63) is 0 Å². The van der Waals surface area contributed by atoms with E-state index in [2.05, 4.69) is 4.74 Å². The predicted molar refractivity (Wildman–Crippen MR) is 70.4 cm³/mol. The van der Waals surface area contributed by atoms with E-state index in [-0.39, 0.29) is 0 Å². The number of carbonyl (C=O) groups excluding carboxylic acids is 3. The highest BCUT2D eigenvalue weighted by molar-refractivity contribution is 6.35. The van der Waals surface area contributed by atoms with Crippen molar-refractivity contribution < 1.29 is 23.9 Å². The summed E-state index contributed by atoms with van der Waals surface area (Å²) in [6, 6.07) is 0. The highest BCUT2D eigenvalue weighted by Gasteiger charge is 2.44. The monoisotopic (exact) mass is 272 g/mol. The summed E-state index contributed by atoms with van der Waals surface area (Å²) in [6.07, 6.45) is 0.361. The van der Waals surface area contributed by atoms with E-state index in [0.717, 1.165) is 0 Å². The van der Waals surface area contributed by atoms with E-state index in [1.54, 1.807) is 41.5 Å². The molecule has 0 bridgehead atoms. The smallest absolute Gasteiger partial charge is 0.375 e. The Bertz CT molecular complexity index is 363. The Morgan fingerprint density at radius 3 is 1.84 bits per heavy atom. The van der Waals surface area contributed by atoms with Crippen molar-refractivity contribution in [3.63, 3.8) is 0 Å². The van der Waals surface area contributed by atoms with Crippen LogP contribution >= 0.6 is 0 Å². The zero-order valence-electron chi connectivity index (χ0n) is 12.8. The first-order valence-electron chi connectivity index (χ1n) is 6.33. The van der Waals surface area contributed by atoms with Crippen LogP contribution in [0.25, 0.3) is 0 Å². The zero-order valence-corrected chi connectivity index (χ0v) is 12.8. The molecule has 19 heavy (non-hydrogen) atoms. The maximum atomic E-state index is 12.1. The number of methoxy groups -OCH3 is 1. The van der Waals surface area contributed by atoms with E-state index in [1.807, 2.05) is 0 Å². The fourth-order valence-electron chi connectivity index (χ4n) is 1.90. The average Bonchev–Trinajstić information content (AvgIpc) is 2.25. The molecular weight excluding hydrogens is 248 g/mol. The molecule has 0 aromatic heterocycles. The Kier molecular flexibility index (Phi) is 5.72. The molecule has 0 aromatic carbocycles. The van der Waals surface area contributed by atoms with Gasteiger partial charge in [-0.1, -0.05) is 6.92 Å². The molecule has 0 amide bonds. The number of carbonyl (C=O) groups is 3. The van der Waals surface area contributed by atoms with E-state index in [9.17, 15) is 14.4 Å². The van der Waals surface area contributed by atoms with Crippen molar-refractivity contribution >= 4 is 17.7 Å². The number of ketones is 1. The van der Waals surface area contributed by atoms with Gasteiger partial charge in [0.05, 0.1) is 12.5 Å². The van der Waals surface area contributed by atoms with E-state index < -0.39 is 34.7 Å². The first-order chi connectivity index (χ1) is 8.47. The topological polar surface area (TPSA) is 69.7 Å². The standard InChI is InChI=1S/C14H24O5/c1-8-9(14(5,6)12(17)18-7)10(15)11(16)19-13(2,3)4/h9H,8H2,1-7H3. The van der Waals surface area contributed by atoms with Crippen LogP contribution < -0.4 is 0 Å². The maximum absolute atomic E-state index is 12.1. The molecule has 0 fully saturated rings. The van der Waals surface area contributed by atoms with Crippen LogP contribution in [0, 0.1) is 11.3 Å². The van der Waals surface area contributed by atoms with Crippen LogP contribution in [0.15, 0.2) is 0 Å². The van der Waals surface area contributed by atoms with Crippen LogP contribution in [0.5, 0.6) is 0 Å². The molecule has 0 aliphatic rings. The van der Waals surface area contributed by atoms with Gasteiger partial charge in [0.15, 0.2) is 0 Å². The molecule has 0 rings (SSSR count). The number of esters is 2. The Balaban J connectivity index is 5.12. The normalized spacial score (nSPS) is 13.6. The molecule has 5 nitrogen and oxygen atoms in total. The Morgan fingerprint density at radius 2 is 1.53 bits per heavy atom. The number of ether oxygens (including phenoxy) is 2. The fraction of sp³-hybridized carbons (Fsp3) is 0.786. The second-order valence-corrected chi connectivity index (χ2v) is 6.04. The van der Waals surface area contributed by atoms with Gasteiger partial charge in [-0.25, -0.2) is 4.79 Å². The van der Waals surface area contributed by atoms with Gasteiger partial charge in [0, 0.05) is 5.92 Å². The lowest BCUT2D eigenvalue weighted by atomic mass is 9.75. The third-order valence-electron chi connectivity index (χ3n) is 2.91. The van der Waals surface area contributed by atoms with Crippen LogP contribution in [0.1, 0.15) is 48.0 Å². The Labute approximate surface area is 114 Å². The molecule has 0 N–H and O–H groups in total. The molecule has 0 aliphatic carbocycles. The van der Waals surface area contributed by atoms with Crippen LogP contribution in [-0.4, -0.2) is 30.4 Å². The number of hydrogen-bond acceptors (Lipinski definition) is 5. The lowest BCUT2D eigenvalue weighted by molar-refractivity contribution is -0.168. The second-order valence-electron chi connectivity index (χ2n) is 6.04. The van der Waals surface area contributed by atoms with Gasteiger partial charge >= 0.3 is 11.9 Å². The lowest BCUT2D eigenvalue weighted by Gasteiger charge is -2.30. The van der Waals surface area contributed by atoms with Gasteiger partial charge in [0.2, 0.25) is 5.78 Å². The first kappa shape index (κ1) is 17.6. The molecule has 0 saturated carbocycles. The van der Waals surface area contributed by atoms with Gasteiger partial charge in [-0.05, 0) is 41.0 Å². The van der Waals surface area contributed by atoms with Gasteiger partial charge in [-0.3, -0.25) is 9.59 Å². The van der Waals surface area contributed by atoms with Crippen LogP contribution in [0.4, 0.5) is 0 Å². The number of hydrogen-bond donors (Lipinski definition) is 0. The van der Waals surface area contributed by atoms with Crippen molar-refractivity contribution in [3.8, 4) is 0 Å². The fourth-order valence-corrected chi connectivity index (χ4v) is 1.90. The Hall–Kier alpha value is -1.39. The Morgan fingerprint density at radius 1 is 1.05 bits per heavy atom. The van der Waals surface area contributed by atoms with Gasteiger partial charge in [-0.15, -0.1) is 0 Å². The van der Waals surface area contributed by atoms with Gasteiger partial charge in [-0.2, -0.15) is 0 Å². The summed E-state index contributed by atoms with van der Waals surface area (Å²) in [5, 5.41) is 0. The van der Waals surface area contributed by atoms with Crippen LogP contribution in [0.2, 0.25) is 0 Å². The maximum Gasteiger partial charge on any atom is 0.375 e. The first-order valence-corrected chi connectivity index (χ1v) is 6.33. The molecule has 0 spiro atoms. The van der Waals surface area contributed by atoms with Gasteiger partial charge in [0.1, 0.15) is 5.60 Å². The molecule has 110 valence electrons. The summed E-state index contributed by atoms with van der Waals surface area (Å²) in [6.45, 7) is 9.99. The summed E-state index contributed by atoms with van der Waals surface area (Å²) in [4.78, 5) is 35.6. The predicted octanol–water partition coefficient (Wildman–Crippen LogP) is 2.12. The molecular formula is C14H24O5. The summed E-state index contributed by atoms with van der Waals surface area (Å²) < 4.78 is 9.74. The minimum absolute atomic E-state index is 0.361. The summed E-state index contributed by atoms with van der Waals surface area (Å²) in [7, 11) is 1.26. The van der Waals surface area contributed by atoms with Gasteiger partial charge < -0.3 is 9.47 Å². The molecule has 1 atom stereocenters. The minimum atomic E-state index is -1.06. The summed E-state index contributed by atoms with van der Waals surface area (Å²) in [5.74, 6) is -2.87. The lowest BCUT2D eigenvalue weighted by Crippen LogP contribution is -2.43. The average molecular weight is 272 g/mol. The largest absolute Gasteiger partial charge is 0.469 e. The zero-order chi connectivity index (χ0) is 15.4. The summed E-state index contributed by atoms with van der Waals surface area (Å²) in [5.41, 5.74) is -1.79. The summed E-state index contributed by atoms with van der Waals surface area (Å²) >= 11 is 0. The molecule has 0 aromatic rings. The molecule has 5 heteroatoms. The van der Waals surface area contributed by atoms with Crippen molar-refractivity contribution in [2.45, 2.75) is 53.6 Å². The number of Topliss-reactive ketones (excluding diaryl/α,β-unsaturated/α-hetero) is 1. The SMILES string of the molecule is CCC(C(=O)C(=O)OC(C)(C)C)C(C)(C)C(=O)OC. The van der Waals surface area contributed by atoms with Crippen molar-refractivity contribution in [1.82, 2.24) is 0 Å². The third-order valence-corrected chi connectivity index (χ3v) is 2.91. The van der Waals surface area contributed by atoms with E-state index in [4.69, 9.17) is 4.74 Å². The van der Waals surface area contributed by atoms with E-state index in [1.165, 1.54) is 7.11 Å². The van der Waals surface area contributed by atoms with Crippen molar-refractivity contribution in [2.24, 2.45) is 11.3 Å². The van der Waals surface area contributed by atoms with Crippen molar-refractivity contribution in [2.75, 3.05) is 7.11 Å². The molecule has 0 heterocycles. The molecule has 0 radical (unpaired) electrons. The molecule has 1 unspecified atom stereocenters. The van der Waals surface area contributed by atoms with Gasteiger partial charge in [0.25, 0.3) is 0 Å². The molecule has 0 aliphatic heterocycles.